The van der Waals surface area contributed by atoms with Crippen LogP contribution < -0.4 is 11.5 Å². The Morgan fingerprint density at radius 2 is 1.18 bits per heavy atom. The molecule has 0 bridgehead atoms. The number of nitrogens with zero attached hydrogens (tertiary/aromatic N) is 10. The highest BCUT2D eigenvalue weighted by atomic mass is 33.1. The van der Waals surface area contributed by atoms with Crippen molar-refractivity contribution >= 4 is 99.9 Å². The molecule has 4 aromatic heterocycles. The predicted octanol–water partition coefficient (Wildman–Crippen LogP) is 0.483. The van der Waals surface area contributed by atoms with Crippen molar-refractivity contribution in [2.75, 3.05) is 0 Å². The van der Waals surface area contributed by atoms with Crippen LogP contribution in [-0.2, 0) is 22.4 Å². The molecule has 0 aliphatic carbocycles. The molecule has 2 aliphatic rings. The van der Waals surface area contributed by atoms with Crippen molar-refractivity contribution in [3.05, 3.63) is 10.0 Å². The molecule has 14 nitrogen and oxygen atoms in total. The van der Waals surface area contributed by atoms with Crippen LogP contribution in [0.4, 0.5) is 0 Å². The smallest absolute Gasteiger partial charge is 0.262 e. The fourth-order valence-corrected chi connectivity index (χ4v) is 8.51. The quantitative estimate of drug-likeness (QED) is 0.291. The van der Waals surface area contributed by atoms with Gasteiger partial charge in [0.1, 0.15) is 10.0 Å². The fraction of sp³-hybridized carbons (Fsp3) is 0.286. The van der Waals surface area contributed by atoms with Gasteiger partial charge in [-0.3, -0.25) is 9.59 Å². The zero-order valence-corrected chi connectivity index (χ0v) is 21.4. The summed E-state index contributed by atoms with van der Waals surface area (Å²) in [5.74, 6) is -0.493. The van der Waals surface area contributed by atoms with Gasteiger partial charge in [-0.15, -0.1) is 20.4 Å². The Morgan fingerprint density at radius 3 is 1.56 bits per heavy atom. The summed E-state index contributed by atoms with van der Waals surface area (Å²) >= 11 is 5.20. The minimum absolute atomic E-state index is 0.246. The standard InChI is InChI=1S/C14H10N12O2S6/c15-9-17-7(27)3(29-9)1-5-23-25-11(31-5)19-21-13(25)33-34-14-22-20-12-26(14)24-6(32-12)2-4-8(28)18-10(16)30-4/h3-4H,1-2H2,(H2,15,17,27)(H2,16,18,28). The van der Waals surface area contributed by atoms with Gasteiger partial charge in [0.05, 0.1) is 10.5 Å². The summed E-state index contributed by atoms with van der Waals surface area (Å²) in [6, 6.07) is 0. The van der Waals surface area contributed by atoms with Gasteiger partial charge in [-0.1, -0.05) is 46.2 Å². The summed E-state index contributed by atoms with van der Waals surface area (Å²) in [6.07, 6.45) is 0.841. The van der Waals surface area contributed by atoms with Crippen LogP contribution in [0, 0.1) is 0 Å². The molecule has 0 fully saturated rings. The van der Waals surface area contributed by atoms with Gasteiger partial charge in [-0.05, 0) is 21.6 Å². The first-order chi connectivity index (χ1) is 16.4. The van der Waals surface area contributed by atoms with Gasteiger partial charge < -0.3 is 11.5 Å². The maximum Gasteiger partial charge on any atom is 0.262 e. The monoisotopic (exact) mass is 570 g/mol. The molecule has 0 saturated carbocycles. The minimum Gasteiger partial charge on any atom is -0.378 e. The first kappa shape index (κ1) is 22.2. The molecule has 2 atom stereocenters. The minimum atomic E-state index is -0.363. The van der Waals surface area contributed by atoms with E-state index in [-0.39, 0.29) is 32.6 Å². The molecule has 6 heterocycles. The molecule has 0 aromatic carbocycles. The molecular weight excluding hydrogens is 561 g/mol. The third-order valence-electron chi connectivity index (χ3n) is 4.44. The van der Waals surface area contributed by atoms with Crippen molar-refractivity contribution in [1.29, 1.82) is 0 Å². The maximum atomic E-state index is 11.9. The number of carbonyl (C=O) groups is 2. The number of nitrogens with two attached hydrogens (primary N) is 2. The van der Waals surface area contributed by atoms with Crippen LogP contribution in [0.15, 0.2) is 20.3 Å². The summed E-state index contributed by atoms with van der Waals surface area (Å²) in [5, 5.41) is 28.2. The summed E-state index contributed by atoms with van der Waals surface area (Å²) in [7, 11) is 2.63. The first-order valence-corrected chi connectivity index (χ1v) is 14.8. The van der Waals surface area contributed by atoms with Gasteiger partial charge in [0.15, 0.2) is 10.3 Å². The molecule has 4 N–H and O–H groups in total. The molecule has 2 amide bonds. The van der Waals surface area contributed by atoms with Crippen LogP contribution in [0.25, 0.3) is 9.92 Å². The van der Waals surface area contributed by atoms with E-state index in [1.54, 1.807) is 9.03 Å². The molecule has 2 aliphatic heterocycles. The Hall–Kier alpha value is -2.26. The highest BCUT2D eigenvalue weighted by Gasteiger charge is 2.30. The second kappa shape index (κ2) is 8.75. The van der Waals surface area contributed by atoms with E-state index in [2.05, 4.69) is 40.6 Å². The van der Waals surface area contributed by atoms with E-state index in [4.69, 9.17) is 11.5 Å². The van der Waals surface area contributed by atoms with Crippen molar-refractivity contribution < 1.29 is 9.59 Å². The van der Waals surface area contributed by atoms with Crippen LogP contribution in [0.2, 0.25) is 0 Å². The molecule has 20 heteroatoms. The fourth-order valence-electron chi connectivity index (χ4n) is 3.00. The lowest BCUT2D eigenvalue weighted by Crippen LogP contribution is -2.14. The highest BCUT2D eigenvalue weighted by Crippen LogP contribution is 2.37. The number of hydrogen-bond acceptors (Lipinski definition) is 16. The average Bonchev–Trinajstić information content (AvgIpc) is 3.58. The lowest BCUT2D eigenvalue weighted by molar-refractivity contribution is -0.117. The van der Waals surface area contributed by atoms with Crippen LogP contribution in [0.1, 0.15) is 10.0 Å². The average molecular weight is 571 g/mol. The second-order valence-electron chi connectivity index (χ2n) is 6.71. The Balaban J connectivity index is 1.14. The van der Waals surface area contributed by atoms with Gasteiger partial charge in [-0.25, -0.2) is 0 Å². The van der Waals surface area contributed by atoms with Crippen molar-refractivity contribution in [3.63, 3.8) is 0 Å². The highest BCUT2D eigenvalue weighted by molar-refractivity contribution is 8.76. The number of carbonyl (C=O) groups excluding carboxylic acids is 2. The normalized spacial score (nSPS) is 20.7. The van der Waals surface area contributed by atoms with Gasteiger partial charge >= 0.3 is 0 Å². The molecule has 6 rings (SSSR count). The largest absolute Gasteiger partial charge is 0.378 e. The Kier molecular flexibility index (Phi) is 5.72. The molecule has 0 radical (unpaired) electrons. The van der Waals surface area contributed by atoms with Crippen LogP contribution in [-0.4, -0.2) is 72.3 Å². The third kappa shape index (κ3) is 4.17. The molecule has 4 aromatic rings. The number of amidine groups is 2. The van der Waals surface area contributed by atoms with Gasteiger partial charge in [-0.2, -0.15) is 29.2 Å². The zero-order chi connectivity index (χ0) is 23.4. The number of rotatable bonds is 7. The molecule has 2 unspecified atom stereocenters. The molecule has 174 valence electrons. The lowest BCUT2D eigenvalue weighted by Gasteiger charge is -2.01. The second-order valence-corrected chi connectivity index (χ2v) is 13.3. The Labute approximate surface area is 213 Å². The summed E-state index contributed by atoms with van der Waals surface area (Å²) in [5.41, 5.74) is 11.3. The van der Waals surface area contributed by atoms with Crippen molar-refractivity contribution in [3.8, 4) is 0 Å². The van der Waals surface area contributed by atoms with Crippen molar-refractivity contribution in [2.24, 2.45) is 21.5 Å². The van der Waals surface area contributed by atoms with Crippen molar-refractivity contribution in [1.82, 2.24) is 39.6 Å². The van der Waals surface area contributed by atoms with Crippen molar-refractivity contribution in [2.45, 2.75) is 33.7 Å². The SMILES string of the molecule is NC1=NC(=O)C(Cc2nn3c(SSc4nnc5sc(CC6SC(N)=NC6=O)nn45)nnc3s2)S1. The van der Waals surface area contributed by atoms with Crippen LogP contribution in [0.5, 0.6) is 0 Å². The Morgan fingerprint density at radius 1 is 0.735 bits per heavy atom. The Bertz CT molecular complexity index is 1400. The number of amides is 2. The third-order valence-corrected chi connectivity index (χ3v) is 10.3. The lowest BCUT2D eigenvalue weighted by atomic mass is 10.3. The topological polar surface area (TPSA) is 197 Å². The number of aromatic nitrogens is 8. The molecule has 0 saturated heterocycles. The first-order valence-electron chi connectivity index (χ1n) is 9.29. The predicted molar refractivity (Wildman–Crippen MR) is 132 cm³/mol. The summed E-state index contributed by atoms with van der Waals surface area (Å²) in [4.78, 5) is 32.5. The molecule has 34 heavy (non-hydrogen) atoms. The van der Waals surface area contributed by atoms with Crippen LogP contribution in [0.3, 0.4) is 0 Å². The van der Waals surface area contributed by atoms with Gasteiger partial charge in [0, 0.05) is 12.8 Å². The maximum absolute atomic E-state index is 11.9. The van der Waals surface area contributed by atoms with E-state index in [0.717, 1.165) is 10.0 Å². The van der Waals surface area contributed by atoms with E-state index < -0.39 is 0 Å². The molecule has 0 spiro atoms. The summed E-state index contributed by atoms with van der Waals surface area (Å²) < 4.78 is 3.26. The van der Waals surface area contributed by atoms with E-state index in [9.17, 15) is 9.59 Å². The van der Waals surface area contributed by atoms with Crippen LogP contribution >= 0.6 is 67.8 Å². The van der Waals surface area contributed by atoms with E-state index in [0.29, 0.717) is 33.1 Å². The van der Waals surface area contributed by atoms with E-state index in [1.807, 2.05) is 0 Å². The number of fused-ring (bicyclic) bond motifs is 2. The van der Waals surface area contributed by atoms with Gasteiger partial charge in [0.2, 0.25) is 20.2 Å². The zero-order valence-electron chi connectivity index (χ0n) is 16.5. The van der Waals surface area contributed by atoms with E-state index >= 15 is 0 Å². The number of aliphatic imine (C=N–C) groups is 2. The number of hydrogen-bond donors (Lipinski definition) is 2. The van der Waals surface area contributed by atoms with E-state index in [1.165, 1.54) is 67.8 Å². The molecular formula is C14H10N12O2S6. The summed E-state index contributed by atoms with van der Waals surface area (Å²) in [6.45, 7) is 0. The van der Waals surface area contributed by atoms with Gasteiger partial charge in [0.25, 0.3) is 11.8 Å². The number of thioether (sulfide) groups is 2.